The average molecular weight is 198 g/mol. The molecular weight excluding hydrogens is 180 g/mol. The third kappa shape index (κ3) is 3.22. The van der Waals surface area contributed by atoms with Crippen molar-refractivity contribution in [2.24, 2.45) is 10.7 Å². The number of thioether (sulfide) groups is 1. The Hall–Kier alpha value is -0.180. The summed E-state index contributed by atoms with van der Waals surface area (Å²) in [5.41, 5.74) is 5.82. The maximum atomic E-state index is 5.82. The largest absolute Gasteiger partial charge is 0.387 e. The molecule has 0 aromatic carbocycles. The van der Waals surface area contributed by atoms with Crippen LogP contribution >= 0.6 is 11.8 Å². The quantitative estimate of drug-likeness (QED) is 0.555. The van der Waals surface area contributed by atoms with Crippen LogP contribution in [0.25, 0.3) is 0 Å². The van der Waals surface area contributed by atoms with Crippen molar-refractivity contribution in [1.29, 1.82) is 0 Å². The van der Waals surface area contributed by atoms with Gasteiger partial charge in [0.15, 0.2) is 0 Å². The number of amidine groups is 1. The van der Waals surface area contributed by atoms with E-state index in [1.165, 1.54) is 38.5 Å². The van der Waals surface area contributed by atoms with Crippen LogP contribution in [0, 0.1) is 0 Å². The molecule has 2 fully saturated rings. The SMILES string of the molecule is NC(CSC1CCCC1)=NC1CC1. The first-order valence-corrected chi connectivity index (χ1v) is 6.33. The van der Waals surface area contributed by atoms with Crippen LogP contribution in [0.3, 0.4) is 0 Å². The fraction of sp³-hybridized carbons (Fsp3) is 0.900. The molecule has 0 aromatic rings. The van der Waals surface area contributed by atoms with Gasteiger partial charge in [0.1, 0.15) is 5.84 Å². The van der Waals surface area contributed by atoms with E-state index in [1.807, 2.05) is 11.8 Å². The lowest BCUT2D eigenvalue weighted by molar-refractivity contribution is 0.886. The van der Waals surface area contributed by atoms with Gasteiger partial charge in [0, 0.05) is 5.25 Å². The van der Waals surface area contributed by atoms with E-state index in [9.17, 15) is 0 Å². The Kier molecular flexibility index (Phi) is 3.14. The summed E-state index contributed by atoms with van der Waals surface area (Å²) < 4.78 is 0. The Morgan fingerprint density at radius 2 is 1.92 bits per heavy atom. The number of rotatable bonds is 4. The second kappa shape index (κ2) is 4.36. The maximum absolute atomic E-state index is 5.82. The molecule has 0 atom stereocenters. The minimum absolute atomic E-state index is 0.587. The van der Waals surface area contributed by atoms with Gasteiger partial charge in [-0.3, -0.25) is 4.99 Å². The Labute approximate surface area is 84.4 Å². The molecule has 2 rings (SSSR count). The lowest BCUT2D eigenvalue weighted by Gasteiger charge is -2.07. The first-order valence-electron chi connectivity index (χ1n) is 5.28. The molecule has 0 saturated heterocycles. The maximum Gasteiger partial charge on any atom is 0.104 e. The summed E-state index contributed by atoms with van der Waals surface area (Å²) in [4.78, 5) is 4.42. The van der Waals surface area contributed by atoms with Gasteiger partial charge >= 0.3 is 0 Å². The van der Waals surface area contributed by atoms with Crippen molar-refractivity contribution in [3.8, 4) is 0 Å². The molecule has 2 saturated carbocycles. The first-order chi connectivity index (χ1) is 6.34. The lowest BCUT2D eigenvalue weighted by atomic mass is 10.4. The molecule has 0 unspecified atom stereocenters. The molecule has 2 nitrogen and oxygen atoms in total. The third-order valence-corrected chi connectivity index (χ3v) is 4.07. The molecule has 74 valence electrons. The number of hydrogen-bond donors (Lipinski definition) is 1. The van der Waals surface area contributed by atoms with Crippen LogP contribution in [0.1, 0.15) is 38.5 Å². The van der Waals surface area contributed by atoms with Gasteiger partial charge in [0.05, 0.1) is 11.8 Å². The monoisotopic (exact) mass is 198 g/mol. The van der Waals surface area contributed by atoms with E-state index < -0.39 is 0 Å². The smallest absolute Gasteiger partial charge is 0.104 e. The Morgan fingerprint density at radius 1 is 1.23 bits per heavy atom. The topological polar surface area (TPSA) is 38.4 Å². The van der Waals surface area contributed by atoms with Gasteiger partial charge in [-0.1, -0.05) is 12.8 Å². The van der Waals surface area contributed by atoms with E-state index in [0.717, 1.165) is 16.8 Å². The molecule has 0 aromatic heterocycles. The van der Waals surface area contributed by atoms with Crippen LogP contribution in [-0.2, 0) is 0 Å². The molecule has 2 aliphatic carbocycles. The van der Waals surface area contributed by atoms with Crippen molar-refractivity contribution in [2.75, 3.05) is 5.75 Å². The third-order valence-electron chi connectivity index (χ3n) is 2.66. The van der Waals surface area contributed by atoms with Crippen LogP contribution in [0.15, 0.2) is 4.99 Å². The van der Waals surface area contributed by atoms with E-state index in [0.29, 0.717) is 6.04 Å². The highest BCUT2D eigenvalue weighted by molar-refractivity contribution is 8.00. The number of aliphatic imine (C=N–C) groups is 1. The molecule has 3 heteroatoms. The van der Waals surface area contributed by atoms with Crippen LogP contribution in [-0.4, -0.2) is 22.9 Å². The van der Waals surface area contributed by atoms with Crippen molar-refractivity contribution in [1.82, 2.24) is 0 Å². The molecule has 2 N–H and O–H groups in total. The summed E-state index contributed by atoms with van der Waals surface area (Å²) in [5.74, 6) is 1.83. The predicted molar refractivity (Wildman–Crippen MR) is 59.4 cm³/mol. The fourth-order valence-corrected chi connectivity index (χ4v) is 2.88. The summed E-state index contributed by atoms with van der Waals surface area (Å²) >= 11 is 2.01. The highest BCUT2D eigenvalue weighted by Gasteiger charge is 2.21. The number of nitrogens with two attached hydrogens (primary N) is 1. The zero-order valence-corrected chi connectivity index (χ0v) is 8.85. The van der Waals surface area contributed by atoms with Crippen molar-refractivity contribution in [2.45, 2.75) is 49.8 Å². The minimum atomic E-state index is 0.587. The summed E-state index contributed by atoms with van der Waals surface area (Å²) in [6, 6.07) is 0.587. The van der Waals surface area contributed by atoms with Crippen molar-refractivity contribution in [3.63, 3.8) is 0 Å². The van der Waals surface area contributed by atoms with Crippen LogP contribution < -0.4 is 5.73 Å². The second-order valence-electron chi connectivity index (χ2n) is 4.07. The first kappa shape index (κ1) is 9.38. The average Bonchev–Trinajstić information content (AvgIpc) is 2.78. The van der Waals surface area contributed by atoms with E-state index >= 15 is 0 Å². The van der Waals surface area contributed by atoms with E-state index in [1.54, 1.807) is 0 Å². The Bertz CT molecular complexity index is 193. The summed E-state index contributed by atoms with van der Waals surface area (Å²) in [6.45, 7) is 0. The van der Waals surface area contributed by atoms with Gasteiger partial charge in [0.25, 0.3) is 0 Å². The number of nitrogens with zero attached hydrogens (tertiary/aromatic N) is 1. The van der Waals surface area contributed by atoms with Gasteiger partial charge in [-0.25, -0.2) is 0 Å². The summed E-state index contributed by atoms with van der Waals surface area (Å²) in [7, 11) is 0. The summed E-state index contributed by atoms with van der Waals surface area (Å²) in [6.07, 6.45) is 8.13. The zero-order valence-electron chi connectivity index (χ0n) is 8.04. The standard InChI is InChI=1S/C10H18N2S/c11-10(12-8-5-6-8)7-13-9-3-1-2-4-9/h8-9H,1-7H2,(H2,11,12). The van der Waals surface area contributed by atoms with Crippen LogP contribution in [0.5, 0.6) is 0 Å². The summed E-state index contributed by atoms with van der Waals surface area (Å²) in [5, 5.41) is 0.868. The Morgan fingerprint density at radius 3 is 2.54 bits per heavy atom. The van der Waals surface area contributed by atoms with Gasteiger partial charge in [-0.2, -0.15) is 11.8 Å². The van der Waals surface area contributed by atoms with E-state index in [2.05, 4.69) is 4.99 Å². The van der Waals surface area contributed by atoms with E-state index in [-0.39, 0.29) is 0 Å². The molecule has 13 heavy (non-hydrogen) atoms. The van der Waals surface area contributed by atoms with Gasteiger partial charge in [-0.15, -0.1) is 0 Å². The minimum Gasteiger partial charge on any atom is -0.387 e. The highest BCUT2D eigenvalue weighted by atomic mass is 32.2. The van der Waals surface area contributed by atoms with Crippen molar-refractivity contribution >= 4 is 17.6 Å². The molecule has 0 bridgehead atoms. The Balaban J connectivity index is 1.65. The molecule has 0 amide bonds. The fourth-order valence-electron chi connectivity index (χ4n) is 1.73. The number of hydrogen-bond acceptors (Lipinski definition) is 2. The highest BCUT2D eigenvalue weighted by Crippen LogP contribution is 2.29. The van der Waals surface area contributed by atoms with Gasteiger partial charge in [-0.05, 0) is 25.7 Å². The predicted octanol–water partition coefficient (Wildman–Crippen LogP) is 2.18. The lowest BCUT2D eigenvalue weighted by Crippen LogP contribution is -2.17. The van der Waals surface area contributed by atoms with Gasteiger partial charge in [0.2, 0.25) is 0 Å². The van der Waals surface area contributed by atoms with E-state index in [4.69, 9.17) is 5.73 Å². The second-order valence-corrected chi connectivity index (χ2v) is 5.36. The van der Waals surface area contributed by atoms with Crippen molar-refractivity contribution in [3.05, 3.63) is 0 Å². The molecule has 2 aliphatic rings. The normalized spacial score (nSPS) is 25.4. The molecule has 0 spiro atoms. The van der Waals surface area contributed by atoms with Crippen LogP contribution in [0.2, 0.25) is 0 Å². The molecule has 0 heterocycles. The van der Waals surface area contributed by atoms with Crippen molar-refractivity contribution < 1.29 is 0 Å². The molecule has 0 aliphatic heterocycles. The zero-order chi connectivity index (χ0) is 9.10. The molecule has 0 radical (unpaired) electrons. The molecular formula is C10H18N2S. The van der Waals surface area contributed by atoms with Gasteiger partial charge < -0.3 is 5.73 Å². The van der Waals surface area contributed by atoms with Crippen LogP contribution in [0.4, 0.5) is 0 Å².